The Bertz CT molecular complexity index is 1020. The van der Waals surface area contributed by atoms with Crippen molar-refractivity contribution in [2.45, 2.75) is 6.92 Å². The molecule has 6 nitrogen and oxygen atoms in total. The Labute approximate surface area is 150 Å². The summed E-state index contributed by atoms with van der Waals surface area (Å²) in [7, 11) is 0. The zero-order valence-electron chi connectivity index (χ0n) is 13.3. The fraction of sp³-hybridized carbons (Fsp3) is 0.0588. The predicted molar refractivity (Wildman–Crippen MR) is 93.3 cm³/mol. The van der Waals surface area contributed by atoms with E-state index in [4.69, 9.17) is 0 Å². The number of nitro groups is 1. The van der Waals surface area contributed by atoms with Crippen LogP contribution >= 0.6 is 11.3 Å². The maximum absolute atomic E-state index is 13.6. The molecule has 0 aliphatic heterocycles. The Morgan fingerprint density at radius 3 is 2.69 bits per heavy atom. The monoisotopic (exact) mass is 375 g/mol. The van der Waals surface area contributed by atoms with Crippen LogP contribution in [0.25, 0.3) is 11.3 Å². The zero-order valence-corrected chi connectivity index (χ0v) is 14.1. The first-order chi connectivity index (χ1) is 12.3. The molecule has 0 unspecified atom stereocenters. The van der Waals surface area contributed by atoms with Gasteiger partial charge >= 0.3 is 0 Å². The number of nitrogens with one attached hydrogen (secondary N) is 1. The molecular weight excluding hydrogens is 364 g/mol. The number of aryl methyl sites for hydroxylation is 1. The quantitative estimate of drug-likeness (QED) is 0.535. The van der Waals surface area contributed by atoms with Crippen LogP contribution in [-0.2, 0) is 0 Å². The first-order valence-corrected chi connectivity index (χ1v) is 8.20. The SMILES string of the molecule is Cc1ccc(-c2csc(NC(=O)c3ccc(F)cc3F)n2)cc1[N+](=O)[O-]. The molecule has 1 N–H and O–H groups in total. The number of anilines is 1. The number of rotatable bonds is 4. The number of carbonyl (C=O) groups excluding carboxylic acids is 1. The van der Waals surface area contributed by atoms with Crippen molar-refractivity contribution in [1.82, 2.24) is 4.98 Å². The second-order valence-electron chi connectivity index (χ2n) is 5.37. The number of halogens is 2. The highest BCUT2D eigenvalue weighted by atomic mass is 32.1. The molecule has 132 valence electrons. The van der Waals surface area contributed by atoms with E-state index >= 15 is 0 Å². The molecule has 0 radical (unpaired) electrons. The highest BCUT2D eigenvalue weighted by Crippen LogP contribution is 2.29. The first-order valence-electron chi connectivity index (χ1n) is 7.32. The van der Waals surface area contributed by atoms with Crippen molar-refractivity contribution >= 4 is 28.1 Å². The fourth-order valence-corrected chi connectivity index (χ4v) is 2.98. The third kappa shape index (κ3) is 3.57. The summed E-state index contributed by atoms with van der Waals surface area (Å²) in [5.74, 6) is -2.52. The second-order valence-corrected chi connectivity index (χ2v) is 6.23. The Kier molecular flexibility index (Phi) is 4.72. The van der Waals surface area contributed by atoms with Gasteiger partial charge in [0.15, 0.2) is 5.13 Å². The van der Waals surface area contributed by atoms with Crippen LogP contribution in [0.5, 0.6) is 0 Å². The van der Waals surface area contributed by atoms with E-state index in [1.54, 1.807) is 24.4 Å². The molecule has 1 amide bonds. The molecule has 0 saturated carbocycles. The Hall–Kier alpha value is -3.20. The number of nitrogens with zero attached hydrogens (tertiary/aromatic N) is 2. The number of carbonyl (C=O) groups is 1. The average molecular weight is 375 g/mol. The predicted octanol–water partition coefficient (Wildman–Crippen LogP) is 4.56. The zero-order chi connectivity index (χ0) is 18.8. The van der Waals surface area contributed by atoms with Crippen LogP contribution in [0.1, 0.15) is 15.9 Å². The molecule has 26 heavy (non-hydrogen) atoms. The van der Waals surface area contributed by atoms with E-state index in [0.29, 0.717) is 22.9 Å². The largest absolute Gasteiger partial charge is 0.298 e. The molecule has 3 rings (SSSR count). The van der Waals surface area contributed by atoms with Gasteiger partial charge in [0, 0.05) is 28.6 Å². The number of hydrogen-bond acceptors (Lipinski definition) is 5. The lowest BCUT2D eigenvalue weighted by molar-refractivity contribution is -0.385. The van der Waals surface area contributed by atoms with Gasteiger partial charge in [0.25, 0.3) is 11.6 Å². The van der Waals surface area contributed by atoms with Crippen molar-refractivity contribution in [3.05, 3.63) is 74.7 Å². The van der Waals surface area contributed by atoms with Gasteiger partial charge in [-0.25, -0.2) is 13.8 Å². The lowest BCUT2D eigenvalue weighted by Crippen LogP contribution is -2.13. The summed E-state index contributed by atoms with van der Waals surface area (Å²) >= 11 is 1.09. The van der Waals surface area contributed by atoms with Crippen LogP contribution in [-0.4, -0.2) is 15.8 Å². The Balaban J connectivity index is 1.83. The average Bonchev–Trinajstić information content (AvgIpc) is 3.03. The van der Waals surface area contributed by atoms with Gasteiger partial charge < -0.3 is 0 Å². The summed E-state index contributed by atoms with van der Waals surface area (Å²) in [5, 5.41) is 15.3. The highest BCUT2D eigenvalue weighted by Gasteiger charge is 2.16. The second kappa shape index (κ2) is 6.96. The van der Waals surface area contributed by atoms with Gasteiger partial charge in [0.05, 0.1) is 16.2 Å². The van der Waals surface area contributed by atoms with Crippen LogP contribution < -0.4 is 5.32 Å². The van der Waals surface area contributed by atoms with Crippen LogP contribution in [0.3, 0.4) is 0 Å². The molecule has 0 bridgehead atoms. The van der Waals surface area contributed by atoms with E-state index < -0.39 is 22.5 Å². The van der Waals surface area contributed by atoms with Gasteiger partial charge in [-0.2, -0.15) is 0 Å². The Morgan fingerprint density at radius 2 is 2.00 bits per heavy atom. The Morgan fingerprint density at radius 1 is 1.23 bits per heavy atom. The van der Waals surface area contributed by atoms with Gasteiger partial charge in [-0.3, -0.25) is 20.2 Å². The van der Waals surface area contributed by atoms with E-state index in [1.807, 2.05) is 0 Å². The molecule has 3 aromatic rings. The molecule has 0 saturated heterocycles. The molecule has 0 fully saturated rings. The van der Waals surface area contributed by atoms with Gasteiger partial charge in [-0.1, -0.05) is 12.1 Å². The summed E-state index contributed by atoms with van der Waals surface area (Å²) < 4.78 is 26.6. The van der Waals surface area contributed by atoms with Crippen LogP contribution in [0.15, 0.2) is 41.8 Å². The molecular formula is C17H11F2N3O3S. The maximum Gasteiger partial charge on any atom is 0.272 e. The van der Waals surface area contributed by atoms with E-state index in [1.165, 1.54) is 6.07 Å². The number of benzene rings is 2. The van der Waals surface area contributed by atoms with Crippen molar-refractivity contribution in [1.29, 1.82) is 0 Å². The van der Waals surface area contributed by atoms with E-state index in [9.17, 15) is 23.7 Å². The van der Waals surface area contributed by atoms with E-state index in [-0.39, 0.29) is 16.4 Å². The highest BCUT2D eigenvalue weighted by molar-refractivity contribution is 7.14. The molecule has 0 aliphatic rings. The third-order valence-corrected chi connectivity index (χ3v) is 4.36. The molecule has 9 heteroatoms. The third-order valence-electron chi connectivity index (χ3n) is 3.60. The molecule has 0 spiro atoms. The molecule has 0 aliphatic carbocycles. The summed E-state index contributed by atoms with van der Waals surface area (Å²) in [5.41, 5.74) is 1.14. The lowest BCUT2D eigenvalue weighted by Gasteiger charge is -2.03. The van der Waals surface area contributed by atoms with Crippen LogP contribution in [0, 0.1) is 28.7 Å². The van der Waals surface area contributed by atoms with Crippen molar-refractivity contribution < 1.29 is 18.5 Å². The topological polar surface area (TPSA) is 85.1 Å². The number of aromatic nitrogens is 1. The van der Waals surface area contributed by atoms with Crippen molar-refractivity contribution in [3.8, 4) is 11.3 Å². The molecule has 1 aromatic heterocycles. The van der Waals surface area contributed by atoms with E-state index in [0.717, 1.165) is 23.5 Å². The minimum Gasteiger partial charge on any atom is -0.298 e. The minimum atomic E-state index is -0.978. The van der Waals surface area contributed by atoms with Gasteiger partial charge in [-0.05, 0) is 19.1 Å². The normalized spacial score (nSPS) is 10.6. The number of nitro benzene ring substituents is 1. The standard InChI is InChI=1S/C17H11F2N3O3S/c1-9-2-3-10(6-15(9)22(24)25)14-8-26-17(20-14)21-16(23)12-5-4-11(18)7-13(12)19/h2-8H,1H3,(H,20,21,23). The summed E-state index contributed by atoms with van der Waals surface area (Å²) in [6.07, 6.45) is 0. The molecule has 0 atom stereocenters. The minimum absolute atomic E-state index is 0.0329. The van der Waals surface area contributed by atoms with Crippen molar-refractivity contribution in [2.75, 3.05) is 5.32 Å². The summed E-state index contributed by atoms with van der Waals surface area (Å²) in [6, 6.07) is 7.33. The van der Waals surface area contributed by atoms with Crippen molar-refractivity contribution in [3.63, 3.8) is 0 Å². The molecule has 1 heterocycles. The smallest absolute Gasteiger partial charge is 0.272 e. The number of thiazole rings is 1. The lowest BCUT2D eigenvalue weighted by atomic mass is 10.1. The summed E-state index contributed by atoms with van der Waals surface area (Å²) in [4.78, 5) is 26.8. The van der Waals surface area contributed by atoms with Crippen LogP contribution in [0.4, 0.5) is 19.6 Å². The molecule has 2 aromatic carbocycles. The van der Waals surface area contributed by atoms with Crippen molar-refractivity contribution in [2.24, 2.45) is 0 Å². The van der Waals surface area contributed by atoms with Gasteiger partial charge in [-0.15, -0.1) is 11.3 Å². The van der Waals surface area contributed by atoms with Crippen LogP contribution in [0.2, 0.25) is 0 Å². The summed E-state index contributed by atoms with van der Waals surface area (Å²) in [6.45, 7) is 1.63. The number of amides is 1. The number of hydrogen-bond donors (Lipinski definition) is 1. The fourth-order valence-electron chi connectivity index (χ4n) is 2.27. The maximum atomic E-state index is 13.6. The van der Waals surface area contributed by atoms with Gasteiger partial charge in [0.1, 0.15) is 11.6 Å². The first kappa shape index (κ1) is 17.6. The van der Waals surface area contributed by atoms with Gasteiger partial charge in [0.2, 0.25) is 0 Å². The van der Waals surface area contributed by atoms with E-state index in [2.05, 4.69) is 10.3 Å².